The number of imide groups is 2. The van der Waals surface area contributed by atoms with Gasteiger partial charge in [-0.1, -0.05) is 67.3 Å². The van der Waals surface area contributed by atoms with Gasteiger partial charge in [-0.2, -0.15) is 0 Å². The van der Waals surface area contributed by atoms with Gasteiger partial charge in [0.05, 0.1) is 11.4 Å². The molecular weight excluding hydrogens is 404 g/mol. The van der Waals surface area contributed by atoms with E-state index in [4.69, 9.17) is 4.74 Å². The maximum atomic E-state index is 13.4. The summed E-state index contributed by atoms with van der Waals surface area (Å²) in [5.74, 6) is -0.899. The number of anilines is 2. The molecule has 0 unspecified atom stereocenters. The lowest BCUT2D eigenvalue weighted by atomic mass is 10.0. The number of carbonyl (C=O) groups is 3. The number of hydrogen-bond acceptors (Lipinski definition) is 4. The van der Waals surface area contributed by atoms with Crippen molar-refractivity contribution in [1.29, 1.82) is 0 Å². The van der Waals surface area contributed by atoms with E-state index in [1.54, 1.807) is 91.0 Å². The quantitative estimate of drug-likeness (QED) is 0.323. The van der Waals surface area contributed by atoms with Crippen molar-refractivity contribution >= 4 is 35.3 Å². The van der Waals surface area contributed by atoms with Crippen molar-refractivity contribution in [3.05, 3.63) is 109 Å². The van der Waals surface area contributed by atoms with Crippen LogP contribution in [0.25, 0.3) is 6.08 Å². The summed E-state index contributed by atoms with van der Waals surface area (Å²) in [4.78, 5) is 42.1. The Balaban J connectivity index is 1.85. The molecule has 6 nitrogen and oxygen atoms in total. The summed E-state index contributed by atoms with van der Waals surface area (Å²) in [5.41, 5.74) is 1.14. The monoisotopic (exact) mass is 424 g/mol. The van der Waals surface area contributed by atoms with Gasteiger partial charge in [-0.3, -0.25) is 9.59 Å². The van der Waals surface area contributed by atoms with E-state index in [0.717, 1.165) is 9.80 Å². The summed E-state index contributed by atoms with van der Waals surface area (Å²) >= 11 is 0. The number of benzene rings is 3. The molecule has 32 heavy (non-hydrogen) atoms. The highest BCUT2D eigenvalue weighted by Gasteiger charge is 2.43. The molecule has 3 aromatic carbocycles. The van der Waals surface area contributed by atoms with Gasteiger partial charge in [0.1, 0.15) is 17.9 Å². The van der Waals surface area contributed by atoms with Crippen molar-refractivity contribution in [2.75, 3.05) is 16.4 Å². The minimum Gasteiger partial charge on any atom is -0.489 e. The number of urea groups is 1. The van der Waals surface area contributed by atoms with E-state index in [2.05, 4.69) is 6.58 Å². The van der Waals surface area contributed by atoms with Crippen LogP contribution < -0.4 is 14.5 Å². The van der Waals surface area contributed by atoms with Gasteiger partial charge in [-0.25, -0.2) is 14.6 Å². The first-order valence-electron chi connectivity index (χ1n) is 9.99. The highest BCUT2D eigenvalue weighted by Crippen LogP contribution is 2.30. The second kappa shape index (κ2) is 9.14. The van der Waals surface area contributed by atoms with Crippen LogP contribution in [-0.2, 0) is 9.59 Å². The van der Waals surface area contributed by atoms with Crippen LogP contribution in [0, 0.1) is 0 Å². The minimum absolute atomic E-state index is 0.146. The van der Waals surface area contributed by atoms with Crippen molar-refractivity contribution in [1.82, 2.24) is 0 Å². The molecule has 0 radical (unpaired) electrons. The summed E-state index contributed by atoms with van der Waals surface area (Å²) in [5, 5.41) is 0. The van der Waals surface area contributed by atoms with E-state index in [9.17, 15) is 14.4 Å². The Morgan fingerprint density at radius 2 is 1.22 bits per heavy atom. The fraction of sp³-hybridized carbons (Fsp3) is 0.0385. The molecule has 0 N–H and O–H groups in total. The van der Waals surface area contributed by atoms with Crippen LogP contribution in [0.4, 0.5) is 16.2 Å². The first-order valence-corrected chi connectivity index (χ1v) is 9.99. The van der Waals surface area contributed by atoms with E-state index < -0.39 is 17.8 Å². The van der Waals surface area contributed by atoms with Gasteiger partial charge in [-0.15, -0.1) is 0 Å². The third-order valence-corrected chi connectivity index (χ3v) is 4.85. The Morgan fingerprint density at radius 3 is 1.75 bits per heavy atom. The number of ether oxygens (including phenoxy) is 1. The Hall–Kier alpha value is -4.45. The molecule has 4 rings (SSSR count). The lowest BCUT2D eigenvalue weighted by Gasteiger charge is -2.34. The fourth-order valence-corrected chi connectivity index (χ4v) is 3.37. The predicted molar refractivity (Wildman–Crippen MR) is 123 cm³/mol. The molecular formula is C26H20N2O4. The molecule has 3 aromatic rings. The second-order valence-corrected chi connectivity index (χ2v) is 6.93. The van der Waals surface area contributed by atoms with Crippen LogP contribution in [0.15, 0.2) is 103 Å². The van der Waals surface area contributed by atoms with E-state index >= 15 is 0 Å². The third-order valence-electron chi connectivity index (χ3n) is 4.85. The van der Waals surface area contributed by atoms with Crippen molar-refractivity contribution < 1.29 is 19.1 Å². The summed E-state index contributed by atoms with van der Waals surface area (Å²) in [6.07, 6.45) is 3.06. The molecule has 1 saturated heterocycles. The first-order chi connectivity index (χ1) is 15.6. The average molecular weight is 424 g/mol. The Kier molecular flexibility index (Phi) is 5.94. The van der Waals surface area contributed by atoms with Gasteiger partial charge >= 0.3 is 6.03 Å². The molecule has 0 aromatic heterocycles. The zero-order valence-corrected chi connectivity index (χ0v) is 17.2. The Morgan fingerprint density at radius 1 is 0.719 bits per heavy atom. The number of rotatable bonds is 6. The van der Waals surface area contributed by atoms with Gasteiger partial charge in [-0.05, 0) is 36.4 Å². The molecule has 0 saturated carbocycles. The van der Waals surface area contributed by atoms with Crippen LogP contribution in [-0.4, -0.2) is 24.5 Å². The van der Waals surface area contributed by atoms with Crippen molar-refractivity contribution in [2.24, 2.45) is 0 Å². The smallest absolute Gasteiger partial charge is 0.343 e. The number of nitrogens with zero attached hydrogens (tertiary/aromatic N) is 2. The van der Waals surface area contributed by atoms with Crippen molar-refractivity contribution in [3.63, 3.8) is 0 Å². The SMILES string of the molecule is C=CCOc1ccccc1C=C1C(=O)N(c2ccccc2)C(=O)N(c2ccccc2)C1=O. The van der Waals surface area contributed by atoms with Gasteiger partial charge in [0.25, 0.3) is 11.8 Å². The Labute approximate surface area is 185 Å². The van der Waals surface area contributed by atoms with E-state index in [1.807, 2.05) is 0 Å². The number of barbiturate groups is 1. The van der Waals surface area contributed by atoms with Crippen LogP contribution in [0.3, 0.4) is 0 Å². The first kappa shape index (κ1) is 20.8. The highest BCUT2D eigenvalue weighted by atomic mass is 16.5. The van der Waals surface area contributed by atoms with Crippen molar-refractivity contribution in [2.45, 2.75) is 0 Å². The lowest BCUT2D eigenvalue weighted by Crippen LogP contribution is -2.57. The molecule has 158 valence electrons. The number of hydrogen-bond donors (Lipinski definition) is 0. The number of para-hydroxylation sites is 3. The van der Waals surface area contributed by atoms with Gasteiger partial charge in [0, 0.05) is 5.56 Å². The highest BCUT2D eigenvalue weighted by molar-refractivity contribution is 6.46. The summed E-state index contributed by atoms with van der Waals surface area (Å²) in [7, 11) is 0. The third kappa shape index (κ3) is 3.94. The van der Waals surface area contributed by atoms with E-state index in [0.29, 0.717) is 22.7 Å². The molecule has 6 heteroatoms. The predicted octanol–water partition coefficient (Wildman–Crippen LogP) is 4.83. The van der Waals surface area contributed by atoms with Crippen LogP contribution in [0.2, 0.25) is 0 Å². The normalized spacial score (nSPS) is 13.9. The topological polar surface area (TPSA) is 66.9 Å². The fourth-order valence-electron chi connectivity index (χ4n) is 3.37. The number of carbonyl (C=O) groups excluding carboxylic acids is 3. The molecule has 0 atom stereocenters. The molecule has 0 spiro atoms. The summed E-state index contributed by atoms with van der Waals surface area (Å²) in [6.45, 7) is 3.91. The maximum Gasteiger partial charge on any atom is 0.343 e. The summed E-state index contributed by atoms with van der Waals surface area (Å²) in [6, 6.07) is 23.4. The van der Waals surface area contributed by atoms with Crippen LogP contribution in [0.5, 0.6) is 5.75 Å². The van der Waals surface area contributed by atoms with Crippen LogP contribution in [0.1, 0.15) is 5.56 Å². The average Bonchev–Trinajstić information content (AvgIpc) is 2.82. The minimum atomic E-state index is -0.731. The van der Waals surface area contributed by atoms with E-state index in [1.165, 1.54) is 6.08 Å². The maximum absolute atomic E-state index is 13.4. The van der Waals surface area contributed by atoms with Crippen molar-refractivity contribution in [3.8, 4) is 5.75 Å². The lowest BCUT2D eigenvalue weighted by molar-refractivity contribution is -0.121. The Bertz CT molecular complexity index is 1140. The van der Waals surface area contributed by atoms with Gasteiger partial charge in [0.2, 0.25) is 0 Å². The zero-order chi connectivity index (χ0) is 22.5. The van der Waals surface area contributed by atoms with Gasteiger partial charge in [0.15, 0.2) is 0 Å². The molecule has 0 bridgehead atoms. The molecule has 4 amide bonds. The molecule has 1 aliphatic rings. The molecule has 0 aliphatic carbocycles. The summed E-state index contributed by atoms with van der Waals surface area (Å²) < 4.78 is 5.66. The molecule has 1 aliphatic heterocycles. The van der Waals surface area contributed by atoms with Crippen LogP contribution >= 0.6 is 0 Å². The molecule has 1 fully saturated rings. The largest absolute Gasteiger partial charge is 0.489 e. The second-order valence-electron chi connectivity index (χ2n) is 6.93. The van der Waals surface area contributed by atoms with E-state index in [-0.39, 0.29) is 12.2 Å². The number of amides is 4. The molecule has 1 heterocycles. The zero-order valence-electron chi connectivity index (χ0n) is 17.2. The standard InChI is InChI=1S/C26H20N2O4/c1-2-17-32-23-16-10-9-11-19(23)18-22-24(29)27(20-12-5-3-6-13-20)26(31)28(25(22)30)21-14-7-4-8-15-21/h2-16,18H,1,17H2. The van der Waals surface area contributed by atoms with Gasteiger partial charge < -0.3 is 4.74 Å².